The predicted molar refractivity (Wildman–Crippen MR) is 158 cm³/mol. The molecule has 3 N–H and O–H groups in total. The average molecular weight is 602 g/mol. The number of rotatable bonds is 11. The van der Waals surface area contributed by atoms with E-state index in [0.717, 1.165) is 16.7 Å². The fourth-order valence-corrected chi connectivity index (χ4v) is 5.47. The Morgan fingerprint density at radius 3 is 2.70 bits per heavy atom. The zero-order valence-corrected chi connectivity index (χ0v) is 24.0. The Bertz CT molecular complexity index is 1690. The van der Waals surface area contributed by atoms with Gasteiger partial charge in [-0.1, -0.05) is 48.0 Å². The number of hydrogen-bond donors (Lipinski definition) is 3. The molecule has 10 heteroatoms. The van der Waals surface area contributed by atoms with Gasteiger partial charge in [0.25, 0.3) is 0 Å². The molecular weight excluding hydrogens is 573 g/mol. The highest BCUT2D eigenvalue weighted by Crippen LogP contribution is 2.43. The van der Waals surface area contributed by atoms with Crippen molar-refractivity contribution >= 4 is 17.6 Å². The first kappa shape index (κ1) is 30.0. The van der Waals surface area contributed by atoms with Gasteiger partial charge in [-0.3, -0.25) is 15.1 Å². The highest BCUT2D eigenvalue weighted by molar-refractivity contribution is 6.32. The summed E-state index contributed by atoms with van der Waals surface area (Å²) in [7, 11) is 0. The van der Waals surface area contributed by atoms with Gasteiger partial charge in [-0.2, -0.15) is 5.26 Å². The molecule has 0 amide bonds. The minimum atomic E-state index is -1.21. The summed E-state index contributed by atoms with van der Waals surface area (Å²) >= 11 is 6.68. The largest absolute Gasteiger partial charge is 0.488 e. The summed E-state index contributed by atoms with van der Waals surface area (Å²) in [5.74, 6) is -0.741. The van der Waals surface area contributed by atoms with Crippen molar-refractivity contribution in [3.8, 4) is 28.7 Å². The molecule has 1 heterocycles. The maximum Gasteiger partial charge on any atom is 0.323 e. The lowest BCUT2D eigenvalue weighted by Crippen LogP contribution is -2.44. The summed E-state index contributed by atoms with van der Waals surface area (Å²) in [6.45, 7) is 1.50. The fraction of sp³-hybridized carbons (Fsp3) is 0.242. The van der Waals surface area contributed by atoms with Gasteiger partial charge < -0.3 is 19.7 Å². The van der Waals surface area contributed by atoms with Crippen LogP contribution >= 0.6 is 11.6 Å². The zero-order chi connectivity index (χ0) is 30.5. The summed E-state index contributed by atoms with van der Waals surface area (Å²) < 4.78 is 27.2. The van der Waals surface area contributed by atoms with Crippen molar-refractivity contribution in [2.24, 2.45) is 0 Å². The number of pyridine rings is 1. The Hall–Kier alpha value is -4.49. The predicted octanol–water partition coefficient (Wildman–Crippen LogP) is 5.98. The summed E-state index contributed by atoms with van der Waals surface area (Å²) in [6, 6.07) is 18.2. The second kappa shape index (κ2) is 13.2. The molecular formula is C33H29ClFN3O5. The lowest BCUT2D eigenvalue weighted by Gasteiger charge is -2.21. The number of benzene rings is 3. The number of carbonyl (C=O) groups is 1. The number of aromatic nitrogens is 1. The van der Waals surface area contributed by atoms with Gasteiger partial charge in [0.1, 0.15) is 42.1 Å². The fourth-order valence-electron chi connectivity index (χ4n) is 5.24. The normalized spacial score (nSPS) is 15.3. The molecule has 0 unspecified atom stereocenters. The van der Waals surface area contributed by atoms with E-state index < -0.39 is 18.1 Å². The van der Waals surface area contributed by atoms with Crippen molar-refractivity contribution in [1.82, 2.24) is 10.3 Å². The van der Waals surface area contributed by atoms with Gasteiger partial charge in [0.15, 0.2) is 0 Å². The van der Waals surface area contributed by atoms with Crippen LogP contribution in [0.25, 0.3) is 11.1 Å². The Kier molecular flexibility index (Phi) is 9.22. The van der Waals surface area contributed by atoms with E-state index in [1.807, 2.05) is 30.3 Å². The van der Waals surface area contributed by atoms with Crippen molar-refractivity contribution in [2.45, 2.75) is 51.2 Å². The van der Waals surface area contributed by atoms with Crippen molar-refractivity contribution in [3.63, 3.8) is 0 Å². The lowest BCUT2D eigenvalue weighted by molar-refractivity contribution is -0.142. The van der Waals surface area contributed by atoms with E-state index in [1.165, 1.54) is 19.2 Å². The van der Waals surface area contributed by atoms with Crippen LogP contribution in [-0.4, -0.2) is 33.3 Å². The molecule has 0 aliphatic heterocycles. The second-order valence-corrected chi connectivity index (χ2v) is 10.7. The number of nitriles is 1. The molecule has 1 aliphatic carbocycles. The third kappa shape index (κ3) is 6.78. The van der Waals surface area contributed by atoms with E-state index in [4.69, 9.17) is 21.1 Å². The Labute approximate surface area is 253 Å². The molecule has 8 nitrogen and oxygen atoms in total. The minimum Gasteiger partial charge on any atom is -0.488 e. The van der Waals surface area contributed by atoms with Gasteiger partial charge in [0.2, 0.25) is 0 Å². The molecule has 220 valence electrons. The quantitative estimate of drug-likeness (QED) is 0.192. The number of aliphatic hydroxyl groups is 1. The van der Waals surface area contributed by atoms with Crippen LogP contribution in [0.15, 0.2) is 73.1 Å². The molecule has 1 aromatic heterocycles. The standard InChI is InChI=1S/C33H29ClFN3O5/c1-19(39)32(33(40)41)38-17-22-12-27(34)31(13-30(22)42-18-21-11-20(14-36)15-37-16-21)43-29-10-9-24-23(6-4-7-26(24)29)25-5-2-3-8-28(25)35/h2-8,11-13,15-16,19,29,32,38-39H,9-10,17-18H2,1H3,(H,40,41)/t19-,29-,32-/m0/s1. The van der Waals surface area contributed by atoms with E-state index in [2.05, 4.69) is 10.3 Å². The highest BCUT2D eigenvalue weighted by atomic mass is 35.5. The number of carboxylic acids is 1. The van der Waals surface area contributed by atoms with Crippen LogP contribution in [0.1, 0.15) is 47.3 Å². The molecule has 4 aromatic rings. The van der Waals surface area contributed by atoms with Crippen LogP contribution in [0.5, 0.6) is 11.5 Å². The molecule has 3 atom stereocenters. The first-order valence-electron chi connectivity index (χ1n) is 13.7. The average Bonchev–Trinajstić information content (AvgIpc) is 3.40. The van der Waals surface area contributed by atoms with Crippen molar-refractivity contribution in [3.05, 3.63) is 112 Å². The maximum atomic E-state index is 14.6. The SMILES string of the molecule is C[C@H](O)[C@H](NCc1cc(Cl)c(O[C@H]2CCc3c(-c4ccccc4F)cccc32)cc1OCc1cncc(C#N)c1)C(=O)O. The molecule has 0 saturated heterocycles. The zero-order valence-electron chi connectivity index (χ0n) is 23.3. The molecule has 3 aromatic carbocycles. The molecule has 0 radical (unpaired) electrons. The van der Waals surface area contributed by atoms with Crippen LogP contribution in [0.3, 0.4) is 0 Å². The molecule has 5 rings (SSSR count). The summed E-state index contributed by atoms with van der Waals surface area (Å²) in [5.41, 5.74) is 4.93. The second-order valence-electron chi connectivity index (χ2n) is 10.3. The number of nitrogens with zero attached hydrogens (tertiary/aromatic N) is 2. The number of halogens is 2. The Morgan fingerprint density at radius 1 is 1.16 bits per heavy atom. The van der Waals surface area contributed by atoms with Gasteiger partial charge in [0, 0.05) is 41.7 Å². The number of aliphatic carboxylic acids is 1. The minimum absolute atomic E-state index is 0.0337. The molecule has 1 aliphatic rings. The van der Waals surface area contributed by atoms with E-state index in [1.54, 1.807) is 36.5 Å². The summed E-state index contributed by atoms with van der Waals surface area (Å²) in [6.07, 6.45) is 2.92. The monoisotopic (exact) mass is 601 g/mol. The number of aliphatic hydroxyl groups excluding tert-OH is 1. The number of carboxylic acid groups (broad SMARTS) is 1. The first-order chi connectivity index (χ1) is 20.7. The van der Waals surface area contributed by atoms with Crippen molar-refractivity contribution in [1.29, 1.82) is 5.26 Å². The molecule has 43 heavy (non-hydrogen) atoms. The number of nitrogens with one attached hydrogen (secondary N) is 1. The van der Waals surface area contributed by atoms with Crippen LogP contribution < -0.4 is 14.8 Å². The lowest BCUT2D eigenvalue weighted by atomic mass is 9.96. The third-order valence-corrected chi connectivity index (χ3v) is 7.64. The number of ether oxygens (including phenoxy) is 2. The molecule has 0 spiro atoms. The third-order valence-electron chi connectivity index (χ3n) is 7.34. The van der Waals surface area contributed by atoms with Crippen molar-refractivity contribution in [2.75, 3.05) is 0 Å². The van der Waals surface area contributed by atoms with Gasteiger partial charge in [-0.15, -0.1) is 0 Å². The Balaban J connectivity index is 1.43. The van der Waals surface area contributed by atoms with Gasteiger partial charge >= 0.3 is 5.97 Å². The van der Waals surface area contributed by atoms with E-state index in [-0.39, 0.29) is 25.1 Å². The number of fused-ring (bicyclic) bond motifs is 1. The highest BCUT2D eigenvalue weighted by Gasteiger charge is 2.29. The topological polar surface area (TPSA) is 125 Å². The van der Waals surface area contributed by atoms with Crippen LogP contribution in [0.4, 0.5) is 4.39 Å². The van der Waals surface area contributed by atoms with E-state index >= 15 is 0 Å². The van der Waals surface area contributed by atoms with Gasteiger partial charge in [-0.25, -0.2) is 4.39 Å². The van der Waals surface area contributed by atoms with Crippen LogP contribution in [0.2, 0.25) is 5.02 Å². The van der Waals surface area contributed by atoms with Gasteiger partial charge in [-0.05, 0) is 54.7 Å². The summed E-state index contributed by atoms with van der Waals surface area (Å²) in [5, 5.41) is 31.7. The van der Waals surface area contributed by atoms with Gasteiger partial charge in [0.05, 0.1) is 16.7 Å². The maximum absolute atomic E-state index is 14.6. The van der Waals surface area contributed by atoms with Crippen LogP contribution in [-0.2, 0) is 24.4 Å². The van der Waals surface area contributed by atoms with Crippen molar-refractivity contribution < 1.29 is 28.9 Å². The molecule has 0 saturated carbocycles. The van der Waals surface area contributed by atoms with E-state index in [0.29, 0.717) is 51.6 Å². The van der Waals surface area contributed by atoms with Crippen LogP contribution in [0, 0.1) is 17.1 Å². The smallest absolute Gasteiger partial charge is 0.323 e. The summed E-state index contributed by atoms with van der Waals surface area (Å²) in [4.78, 5) is 15.7. The number of hydrogen-bond acceptors (Lipinski definition) is 7. The molecule has 0 bridgehead atoms. The first-order valence-corrected chi connectivity index (χ1v) is 14.1. The molecule has 0 fully saturated rings. The van der Waals surface area contributed by atoms with E-state index in [9.17, 15) is 24.7 Å². The Morgan fingerprint density at radius 2 is 1.95 bits per heavy atom.